The first-order valence-electron chi connectivity index (χ1n) is 6.99. The SMILES string of the molecule is CSc1ccc(CNc2ccc(C)c3ncccc23)cc1. The van der Waals surface area contributed by atoms with Crippen molar-refractivity contribution in [3.63, 3.8) is 0 Å². The van der Waals surface area contributed by atoms with E-state index in [2.05, 4.69) is 65.9 Å². The van der Waals surface area contributed by atoms with Crippen LogP contribution in [0, 0.1) is 6.92 Å². The predicted octanol–water partition coefficient (Wildman–Crippen LogP) is 4.88. The molecule has 106 valence electrons. The molecule has 1 N–H and O–H groups in total. The van der Waals surface area contributed by atoms with Crippen molar-refractivity contribution in [2.24, 2.45) is 0 Å². The Labute approximate surface area is 129 Å². The molecule has 0 saturated heterocycles. The molecule has 1 aromatic heterocycles. The molecule has 0 radical (unpaired) electrons. The molecule has 0 fully saturated rings. The lowest BCUT2D eigenvalue weighted by atomic mass is 10.1. The van der Waals surface area contributed by atoms with Crippen molar-refractivity contribution >= 4 is 28.4 Å². The summed E-state index contributed by atoms with van der Waals surface area (Å²) < 4.78 is 0. The first kappa shape index (κ1) is 14.0. The van der Waals surface area contributed by atoms with Crippen molar-refractivity contribution in [2.75, 3.05) is 11.6 Å². The van der Waals surface area contributed by atoms with Gasteiger partial charge in [0.15, 0.2) is 0 Å². The number of fused-ring (bicyclic) bond motifs is 1. The molecule has 1 heterocycles. The van der Waals surface area contributed by atoms with Crippen molar-refractivity contribution in [2.45, 2.75) is 18.4 Å². The minimum Gasteiger partial charge on any atom is -0.380 e. The summed E-state index contributed by atoms with van der Waals surface area (Å²) in [6.45, 7) is 2.92. The zero-order chi connectivity index (χ0) is 14.7. The zero-order valence-corrected chi connectivity index (χ0v) is 13.1. The second-order valence-electron chi connectivity index (χ2n) is 5.03. The fraction of sp³-hybridized carbons (Fsp3) is 0.167. The topological polar surface area (TPSA) is 24.9 Å². The van der Waals surface area contributed by atoms with Gasteiger partial charge in [0.2, 0.25) is 0 Å². The Balaban J connectivity index is 1.83. The number of thioether (sulfide) groups is 1. The number of benzene rings is 2. The molecule has 2 nitrogen and oxygen atoms in total. The fourth-order valence-corrected chi connectivity index (χ4v) is 2.82. The highest BCUT2D eigenvalue weighted by atomic mass is 32.2. The van der Waals surface area contributed by atoms with Gasteiger partial charge < -0.3 is 5.32 Å². The molecule has 0 bridgehead atoms. The second kappa shape index (κ2) is 6.19. The van der Waals surface area contributed by atoms with E-state index in [0.717, 1.165) is 17.7 Å². The van der Waals surface area contributed by atoms with Crippen LogP contribution in [0.2, 0.25) is 0 Å². The summed E-state index contributed by atoms with van der Waals surface area (Å²) in [7, 11) is 0. The number of hydrogen-bond donors (Lipinski definition) is 1. The van der Waals surface area contributed by atoms with E-state index in [4.69, 9.17) is 0 Å². The Morgan fingerprint density at radius 3 is 2.62 bits per heavy atom. The summed E-state index contributed by atoms with van der Waals surface area (Å²) in [6.07, 6.45) is 3.94. The molecule has 2 aromatic carbocycles. The molecule has 0 atom stereocenters. The highest BCUT2D eigenvalue weighted by Crippen LogP contribution is 2.25. The largest absolute Gasteiger partial charge is 0.380 e. The van der Waals surface area contributed by atoms with Crippen molar-refractivity contribution in [1.29, 1.82) is 0 Å². The number of nitrogens with one attached hydrogen (secondary N) is 1. The summed E-state index contributed by atoms with van der Waals surface area (Å²) in [6, 6.07) is 17.0. The summed E-state index contributed by atoms with van der Waals surface area (Å²) in [4.78, 5) is 5.77. The van der Waals surface area contributed by atoms with Crippen LogP contribution in [-0.2, 0) is 6.54 Å². The van der Waals surface area contributed by atoms with E-state index in [1.54, 1.807) is 11.8 Å². The zero-order valence-electron chi connectivity index (χ0n) is 12.3. The molecule has 0 aliphatic heterocycles. The Kier molecular flexibility index (Phi) is 4.11. The van der Waals surface area contributed by atoms with E-state index in [-0.39, 0.29) is 0 Å². The molecule has 0 aliphatic carbocycles. The van der Waals surface area contributed by atoms with E-state index >= 15 is 0 Å². The molecule has 0 saturated carbocycles. The van der Waals surface area contributed by atoms with Gasteiger partial charge in [-0.3, -0.25) is 4.98 Å². The maximum absolute atomic E-state index is 4.48. The molecule has 0 aliphatic rings. The second-order valence-corrected chi connectivity index (χ2v) is 5.91. The lowest BCUT2D eigenvalue weighted by Crippen LogP contribution is -2.00. The predicted molar refractivity (Wildman–Crippen MR) is 92.0 cm³/mol. The number of hydrogen-bond acceptors (Lipinski definition) is 3. The average molecular weight is 294 g/mol. The van der Waals surface area contributed by atoms with Gasteiger partial charge in [-0.15, -0.1) is 11.8 Å². The van der Waals surface area contributed by atoms with Crippen LogP contribution in [0.3, 0.4) is 0 Å². The minimum atomic E-state index is 0.821. The molecule has 3 heteroatoms. The molecular formula is C18H18N2S. The first-order chi connectivity index (χ1) is 10.3. The highest BCUT2D eigenvalue weighted by Gasteiger charge is 2.04. The van der Waals surface area contributed by atoms with Gasteiger partial charge in [-0.2, -0.15) is 0 Å². The van der Waals surface area contributed by atoms with Crippen LogP contribution in [0.15, 0.2) is 59.6 Å². The molecule has 0 unspecified atom stereocenters. The Morgan fingerprint density at radius 1 is 1.05 bits per heavy atom. The van der Waals surface area contributed by atoms with E-state index in [1.165, 1.54) is 21.4 Å². The number of aromatic nitrogens is 1. The summed E-state index contributed by atoms with van der Waals surface area (Å²) >= 11 is 1.77. The monoisotopic (exact) mass is 294 g/mol. The summed E-state index contributed by atoms with van der Waals surface area (Å²) in [5, 5.41) is 4.70. The number of pyridine rings is 1. The van der Waals surface area contributed by atoms with E-state index < -0.39 is 0 Å². The van der Waals surface area contributed by atoms with Crippen LogP contribution in [0.25, 0.3) is 10.9 Å². The highest BCUT2D eigenvalue weighted by molar-refractivity contribution is 7.98. The molecule has 21 heavy (non-hydrogen) atoms. The third-order valence-corrected chi connectivity index (χ3v) is 4.36. The van der Waals surface area contributed by atoms with Crippen molar-refractivity contribution in [1.82, 2.24) is 4.98 Å². The first-order valence-corrected chi connectivity index (χ1v) is 8.21. The van der Waals surface area contributed by atoms with Gasteiger partial charge in [0, 0.05) is 28.7 Å². The van der Waals surface area contributed by atoms with Crippen LogP contribution < -0.4 is 5.32 Å². The van der Waals surface area contributed by atoms with Crippen LogP contribution >= 0.6 is 11.8 Å². The van der Waals surface area contributed by atoms with Gasteiger partial charge in [0.05, 0.1) is 5.52 Å². The molecule has 0 amide bonds. The quantitative estimate of drug-likeness (QED) is 0.694. The minimum absolute atomic E-state index is 0.821. The van der Waals surface area contributed by atoms with E-state index in [0.29, 0.717) is 0 Å². The summed E-state index contributed by atoms with van der Waals surface area (Å²) in [5.74, 6) is 0. The maximum Gasteiger partial charge on any atom is 0.0751 e. The molecule has 3 rings (SSSR count). The molecule has 3 aromatic rings. The number of anilines is 1. The lowest BCUT2D eigenvalue weighted by molar-refractivity contribution is 1.14. The molecule has 0 spiro atoms. The van der Waals surface area contributed by atoms with Gasteiger partial charge in [-0.25, -0.2) is 0 Å². The Bertz CT molecular complexity index is 751. The average Bonchev–Trinajstić information content (AvgIpc) is 2.55. The van der Waals surface area contributed by atoms with E-state index in [9.17, 15) is 0 Å². The van der Waals surface area contributed by atoms with Gasteiger partial charge in [0.1, 0.15) is 0 Å². The lowest BCUT2D eigenvalue weighted by Gasteiger charge is -2.11. The third-order valence-electron chi connectivity index (χ3n) is 3.61. The summed E-state index contributed by atoms with van der Waals surface area (Å²) in [5.41, 5.74) is 4.70. The fourth-order valence-electron chi connectivity index (χ4n) is 2.41. The Hall–Kier alpha value is -2.00. The normalized spacial score (nSPS) is 10.8. The number of nitrogens with zero attached hydrogens (tertiary/aromatic N) is 1. The van der Waals surface area contributed by atoms with Gasteiger partial charge >= 0.3 is 0 Å². The van der Waals surface area contributed by atoms with Crippen molar-refractivity contribution in [3.05, 3.63) is 65.9 Å². The Morgan fingerprint density at radius 2 is 1.86 bits per heavy atom. The van der Waals surface area contributed by atoms with E-state index in [1.807, 2.05) is 12.3 Å². The van der Waals surface area contributed by atoms with Crippen LogP contribution in [0.4, 0.5) is 5.69 Å². The standard InChI is InChI=1S/C18H18N2S/c1-13-5-10-17(16-4-3-11-19-18(13)16)20-12-14-6-8-15(21-2)9-7-14/h3-11,20H,12H2,1-2H3. The van der Waals surface area contributed by atoms with Crippen molar-refractivity contribution < 1.29 is 0 Å². The number of aryl methyl sites for hydroxylation is 1. The van der Waals surface area contributed by atoms with Gasteiger partial charge in [0.25, 0.3) is 0 Å². The third kappa shape index (κ3) is 3.03. The maximum atomic E-state index is 4.48. The van der Waals surface area contributed by atoms with Crippen LogP contribution in [0.1, 0.15) is 11.1 Å². The van der Waals surface area contributed by atoms with Crippen LogP contribution in [-0.4, -0.2) is 11.2 Å². The van der Waals surface area contributed by atoms with Gasteiger partial charge in [-0.05, 0) is 54.6 Å². The number of rotatable bonds is 4. The van der Waals surface area contributed by atoms with Crippen LogP contribution in [0.5, 0.6) is 0 Å². The van der Waals surface area contributed by atoms with Gasteiger partial charge in [-0.1, -0.05) is 18.2 Å². The van der Waals surface area contributed by atoms with Crippen molar-refractivity contribution in [3.8, 4) is 0 Å². The smallest absolute Gasteiger partial charge is 0.0751 e. The molecular weight excluding hydrogens is 276 g/mol.